The fourth-order valence-corrected chi connectivity index (χ4v) is 1.16. The molecule has 0 aromatic heterocycles. The Morgan fingerprint density at radius 1 is 1.54 bits per heavy atom. The van der Waals surface area contributed by atoms with Crippen LogP contribution in [0.15, 0.2) is 23.4 Å². The van der Waals surface area contributed by atoms with Crippen LogP contribution in [0.4, 0.5) is 0 Å². The van der Waals surface area contributed by atoms with Gasteiger partial charge in [0, 0.05) is 5.56 Å². The van der Waals surface area contributed by atoms with Crippen molar-refractivity contribution in [3.05, 3.63) is 28.8 Å². The van der Waals surface area contributed by atoms with Gasteiger partial charge >= 0.3 is 0 Å². The molecule has 3 nitrogen and oxygen atoms in total. The smallest absolute Gasteiger partial charge is 0.175 e. The maximum absolute atomic E-state index is 8.40. The number of hydrogen-bond acceptors (Lipinski definition) is 3. The summed E-state index contributed by atoms with van der Waals surface area (Å²) >= 11 is 11.3. The van der Waals surface area contributed by atoms with E-state index in [2.05, 4.69) is 5.16 Å². The number of methoxy groups -OCH3 is 1. The van der Waals surface area contributed by atoms with E-state index in [9.17, 15) is 0 Å². The molecule has 0 radical (unpaired) electrons. The summed E-state index contributed by atoms with van der Waals surface area (Å²) in [4.78, 5) is 0. The zero-order valence-electron chi connectivity index (χ0n) is 6.79. The number of oxime groups is 1. The fraction of sp³-hybridized carbons (Fsp3) is 0.125. The van der Waals surface area contributed by atoms with Crippen LogP contribution in [0, 0.1) is 0 Å². The predicted octanol–water partition coefficient (Wildman–Crippen LogP) is 2.72. The van der Waals surface area contributed by atoms with Crippen molar-refractivity contribution in [1.82, 2.24) is 0 Å². The molecule has 1 aromatic carbocycles. The zero-order valence-corrected chi connectivity index (χ0v) is 8.30. The Labute approximate surface area is 85.5 Å². The van der Waals surface area contributed by atoms with Crippen LogP contribution in [-0.4, -0.2) is 17.5 Å². The minimum absolute atomic E-state index is 0.00466. The summed E-state index contributed by atoms with van der Waals surface area (Å²) in [6, 6.07) is 4.83. The fourth-order valence-electron chi connectivity index (χ4n) is 0.846. The number of hydrogen-bond donors (Lipinski definition) is 1. The van der Waals surface area contributed by atoms with Crippen LogP contribution in [0.3, 0.4) is 0 Å². The summed E-state index contributed by atoms with van der Waals surface area (Å²) in [6.07, 6.45) is 0. The molecular weight excluding hydrogens is 213 g/mol. The van der Waals surface area contributed by atoms with Crippen LogP contribution in [0.2, 0.25) is 5.02 Å². The van der Waals surface area contributed by atoms with Crippen LogP contribution in [-0.2, 0) is 0 Å². The van der Waals surface area contributed by atoms with Crippen LogP contribution >= 0.6 is 23.2 Å². The van der Waals surface area contributed by atoms with Gasteiger partial charge in [-0.25, -0.2) is 0 Å². The maximum atomic E-state index is 8.40. The first-order valence-electron chi connectivity index (χ1n) is 3.40. The lowest BCUT2D eigenvalue weighted by Crippen LogP contribution is -1.92. The van der Waals surface area contributed by atoms with Crippen LogP contribution in [0.5, 0.6) is 5.75 Å². The number of halogens is 2. The quantitative estimate of drug-likeness (QED) is 0.473. The molecule has 0 heterocycles. The molecule has 0 aliphatic heterocycles. The Kier molecular flexibility index (Phi) is 3.39. The second-order valence-corrected chi connectivity index (χ2v) is 3.01. The van der Waals surface area contributed by atoms with E-state index in [0.717, 1.165) is 0 Å². The molecule has 0 amide bonds. The van der Waals surface area contributed by atoms with Crippen molar-refractivity contribution in [3.8, 4) is 5.75 Å². The maximum Gasteiger partial charge on any atom is 0.175 e. The van der Waals surface area contributed by atoms with Crippen molar-refractivity contribution < 1.29 is 9.94 Å². The Morgan fingerprint density at radius 2 is 2.23 bits per heavy atom. The Balaban J connectivity index is 3.13. The molecule has 5 heteroatoms. The lowest BCUT2D eigenvalue weighted by atomic mass is 10.2. The van der Waals surface area contributed by atoms with Gasteiger partial charge in [0.15, 0.2) is 5.17 Å². The highest BCUT2D eigenvalue weighted by Gasteiger charge is 2.05. The molecule has 0 saturated heterocycles. The molecule has 0 bridgehead atoms. The number of ether oxygens (including phenoxy) is 1. The van der Waals surface area contributed by atoms with Crippen molar-refractivity contribution >= 4 is 28.4 Å². The first kappa shape index (κ1) is 10.2. The predicted molar refractivity (Wildman–Crippen MR) is 52.2 cm³/mol. The van der Waals surface area contributed by atoms with Gasteiger partial charge in [-0.15, -0.1) is 0 Å². The van der Waals surface area contributed by atoms with E-state index in [0.29, 0.717) is 16.3 Å². The summed E-state index contributed by atoms with van der Waals surface area (Å²) in [5.41, 5.74) is 0.547. The molecule has 0 aliphatic rings. The SMILES string of the molecule is COc1cc(C(Cl)=NO)ccc1Cl. The molecule has 0 unspecified atom stereocenters. The minimum Gasteiger partial charge on any atom is -0.495 e. The van der Waals surface area contributed by atoms with E-state index >= 15 is 0 Å². The van der Waals surface area contributed by atoms with Crippen LogP contribution in [0.25, 0.3) is 0 Å². The minimum atomic E-state index is -0.00466. The van der Waals surface area contributed by atoms with E-state index in [1.54, 1.807) is 18.2 Å². The highest BCUT2D eigenvalue weighted by atomic mass is 35.5. The van der Waals surface area contributed by atoms with Crippen molar-refractivity contribution in [2.24, 2.45) is 5.16 Å². The molecule has 0 spiro atoms. The van der Waals surface area contributed by atoms with E-state index in [4.69, 9.17) is 33.1 Å². The van der Waals surface area contributed by atoms with E-state index in [-0.39, 0.29) is 5.17 Å². The van der Waals surface area contributed by atoms with Crippen LogP contribution in [0.1, 0.15) is 5.56 Å². The van der Waals surface area contributed by atoms with Crippen molar-refractivity contribution in [3.63, 3.8) is 0 Å². The van der Waals surface area contributed by atoms with Gasteiger partial charge < -0.3 is 9.94 Å². The molecule has 70 valence electrons. The molecule has 1 aromatic rings. The normalized spacial score (nSPS) is 11.5. The van der Waals surface area contributed by atoms with E-state index in [1.807, 2.05) is 0 Å². The number of rotatable bonds is 2. The van der Waals surface area contributed by atoms with Gasteiger partial charge in [0.2, 0.25) is 0 Å². The zero-order chi connectivity index (χ0) is 9.84. The lowest BCUT2D eigenvalue weighted by molar-refractivity contribution is 0.321. The molecule has 0 saturated carbocycles. The monoisotopic (exact) mass is 219 g/mol. The number of benzene rings is 1. The van der Waals surface area contributed by atoms with Crippen molar-refractivity contribution in [2.45, 2.75) is 0 Å². The summed E-state index contributed by atoms with van der Waals surface area (Å²) in [5, 5.41) is 11.7. The largest absolute Gasteiger partial charge is 0.495 e. The standard InChI is InChI=1S/C8H7Cl2NO2/c1-13-7-4-5(8(10)11-12)2-3-6(7)9/h2-4,12H,1H3. The Bertz CT molecular complexity index is 339. The molecule has 1 N–H and O–H groups in total. The van der Waals surface area contributed by atoms with Gasteiger partial charge in [-0.1, -0.05) is 34.4 Å². The molecule has 13 heavy (non-hydrogen) atoms. The van der Waals surface area contributed by atoms with Gasteiger partial charge in [0.25, 0.3) is 0 Å². The Hall–Kier alpha value is -0.930. The third-order valence-corrected chi connectivity index (χ3v) is 2.08. The summed E-state index contributed by atoms with van der Waals surface area (Å²) in [6.45, 7) is 0. The van der Waals surface area contributed by atoms with E-state index in [1.165, 1.54) is 7.11 Å². The van der Waals surface area contributed by atoms with Gasteiger partial charge in [-0.05, 0) is 12.1 Å². The first-order chi connectivity index (χ1) is 6.19. The molecular formula is C8H7Cl2NO2. The van der Waals surface area contributed by atoms with Gasteiger partial charge in [-0.2, -0.15) is 0 Å². The summed E-state index contributed by atoms with van der Waals surface area (Å²) in [5.74, 6) is 0.487. The van der Waals surface area contributed by atoms with Gasteiger partial charge in [-0.3, -0.25) is 0 Å². The molecule has 1 rings (SSSR count). The van der Waals surface area contributed by atoms with Gasteiger partial charge in [0.05, 0.1) is 12.1 Å². The third-order valence-electron chi connectivity index (χ3n) is 1.48. The van der Waals surface area contributed by atoms with E-state index < -0.39 is 0 Å². The molecule has 0 atom stereocenters. The van der Waals surface area contributed by atoms with Crippen molar-refractivity contribution in [1.29, 1.82) is 0 Å². The average molecular weight is 220 g/mol. The lowest BCUT2D eigenvalue weighted by Gasteiger charge is -2.03. The third kappa shape index (κ3) is 2.26. The second-order valence-electron chi connectivity index (χ2n) is 2.24. The second kappa shape index (κ2) is 4.35. The molecule has 0 aliphatic carbocycles. The summed E-state index contributed by atoms with van der Waals surface area (Å²) in [7, 11) is 1.50. The first-order valence-corrected chi connectivity index (χ1v) is 4.16. The average Bonchev–Trinajstić information content (AvgIpc) is 2.17. The Morgan fingerprint density at radius 3 is 2.77 bits per heavy atom. The number of nitrogens with zero attached hydrogens (tertiary/aromatic N) is 1. The van der Waals surface area contributed by atoms with Gasteiger partial charge in [0.1, 0.15) is 5.75 Å². The van der Waals surface area contributed by atoms with Crippen molar-refractivity contribution in [2.75, 3.05) is 7.11 Å². The summed E-state index contributed by atoms with van der Waals surface area (Å²) < 4.78 is 4.95. The topological polar surface area (TPSA) is 41.8 Å². The highest BCUT2D eigenvalue weighted by molar-refractivity contribution is 6.69. The highest BCUT2D eigenvalue weighted by Crippen LogP contribution is 2.25. The molecule has 0 fully saturated rings. The van der Waals surface area contributed by atoms with Crippen LogP contribution < -0.4 is 4.74 Å².